The van der Waals surface area contributed by atoms with Gasteiger partial charge in [0.25, 0.3) is 0 Å². The maximum Gasteiger partial charge on any atom is 0.112 e. The van der Waals surface area contributed by atoms with Gasteiger partial charge in [0.1, 0.15) is 6.23 Å². The Morgan fingerprint density at radius 1 is 1.10 bits per heavy atom. The van der Waals surface area contributed by atoms with Crippen LogP contribution in [0.15, 0.2) is 53.4 Å². The van der Waals surface area contributed by atoms with Crippen molar-refractivity contribution in [3.63, 3.8) is 0 Å². The first kappa shape index (κ1) is 13.7. The molecule has 0 spiro atoms. The van der Waals surface area contributed by atoms with Crippen molar-refractivity contribution in [1.82, 2.24) is 5.32 Å². The van der Waals surface area contributed by atoms with Gasteiger partial charge in [-0.2, -0.15) is 0 Å². The van der Waals surface area contributed by atoms with E-state index in [4.69, 9.17) is 4.74 Å². The first-order chi connectivity index (χ1) is 9.81. The largest absolute Gasteiger partial charge is 0.366 e. The predicted molar refractivity (Wildman–Crippen MR) is 84.1 cm³/mol. The van der Waals surface area contributed by atoms with E-state index in [1.807, 2.05) is 0 Å². The first-order valence-electron chi connectivity index (χ1n) is 6.82. The third-order valence-corrected chi connectivity index (χ3v) is 4.60. The lowest BCUT2D eigenvalue weighted by molar-refractivity contribution is 0.0610. The van der Waals surface area contributed by atoms with Gasteiger partial charge >= 0.3 is 0 Å². The van der Waals surface area contributed by atoms with Crippen molar-refractivity contribution in [3.05, 3.63) is 65.2 Å². The molecule has 20 heavy (non-hydrogen) atoms. The summed E-state index contributed by atoms with van der Waals surface area (Å²) in [6.45, 7) is 0. The average Bonchev–Trinajstić information content (AvgIpc) is 2.54. The number of benzene rings is 2. The predicted octanol–water partition coefficient (Wildman–Crippen LogP) is 3.62. The first-order valence-corrected chi connectivity index (χ1v) is 8.05. The fraction of sp³-hybridized carbons (Fsp3) is 0.294. The molecule has 2 unspecified atom stereocenters. The molecule has 3 rings (SSSR count). The Balaban J connectivity index is 1.98. The zero-order valence-electron chi connectivity index (χ0n) is 11.8. The summed E-state index contributed by atoms with van der Waals surface area (Å²) < 4.78 is 5.53. The molecule has 0 bridgehead atoms. The van der Waals surface area contributed by atoms with Crippen LogP contribution in [0.25, 0.3) is 0 Å². The van der Waals surface area contributed by atoms with Crippen LogP contribution in [0, 0.1) is 0 Å². The van der Waals surface area contributed by atoms with E-state index in [9.17, 15) is 0 Å². The summed E-state index contributed by atoms with van der Waals surface area (Å²) in [4.78, 5) is 1.29. The van der Waals surface area contributed by atoms with Crippen LogP contribution in [0.3, 0.4) is 0 Å². The van der Waals surface area contributed by atoms with Gasteiger partial charge in [-0.25, -0.2) is 0 Å². The third kappa shape index (κ3) is 2.62. The minimum atomic E-state index is 0.0788. The SMILES string of the molecule is COC1Cc2ccccc2C(c2ccc(SC)cc2)N1. The fourth-order valence-electron chi connectivity index (χ4n) is 2.76. The Bertz CT molecular complexity index is 582. The molecule has 0 fully saturated rings. The van der Waals surface area contributed by atoms with Gasteiger partial charge in [0, 0.05) is 18.4 Å². The highest BCUT2D eigenvalue weighted by Crippen LogP contribution is 2.31. The summed E-state index contributed by atoms with van der Waals surface area (Å²) in [7, 11) is 1.76. The molecule has 2 nitrogen and oxygen atoms in total. The van der Waals surface area contributed by atoms with E-state index in [2.05, 4.69) is 60.1 Å². The van der Waals surface area contributed by atoms with E-state index in [-0.39, 0.29) is 12.3 Å². The molecule has 0 aliphatic carbocycles. The second-order valence-corrected chi connectivity index (χ2v) is 5.88. The Hall–Kier alpha value is -1.29. The Labute approximate surface area is 124 Å². The number of methoxy groups -OCH3 is 1. The molecule has 3 heteroatoms. The molecular weight excluding hydrogens is 266 g/mol. The van der Waals surface area contributed by atoms with Gasteiger partial charge in [-0.1, -0.05) is 36.4 Å². The standard InChI is InChI=1S/C17H19NOS/c1-19-16-11-13-5-3-4-6-15(13)17(18-16)12-7-9-14(20-2)10-8-12/h3-10,16-18H,11H2,1-2H3. The van der Waals surface area contributed by atoms with Crippen LogP contribution in [-0.2, 0) is 11.2 Å². The van der Waals surface area contributed by atoms with Gasteiger partial charge in [0.15, 0.2) is 0 Å². The molecule has 1 aliphatic rings. The van der Waals surface area contributed by atoms with E-state index < -0.39 is 0 Å². The summed E-state index contributed by atoms with van der Waals surface area (Å²) in [5.41, 5.74) is 4.02. The van der Waals surface area contributed by atoms with Gasteiger partial charge < -0.3 is 4.74 Å². The van der Waals surface area contributed by atoms with Gasteiger partial charge in [-0.05, 0) is 35.1 Å². The second-order valence-electron chi connectivity index (χ2n) is 5.00. The Morgan fingerprint density at radius 2 is 1.85 bits per heavy atom. The van der Waals surface area contributed by atoms with Crippen LogP contribution in [-0.4, -0.2) is 19.6 Å². The summed E-state index contributed by atoms with van der Waals surface area (Å²) >= 11 is 1.77. The summed E-state index contributed by atoms with van der Waals surface area (Å²) in [5.74, 6) is 0. The van der Waals surface area contributed by atoms with Gasteiger partial charge in [-0.3, -0.25) is 5.32 Å². The highest BCUT2D eigenvalue weighted by atomic mass is 32.2. The molecule has 1 heterocycles. The van der Waals surface area contributed by atoms with Gasteiger partial charge in [0.2, 0.25) is 0 Å². The number of thioether (sulfide) groups is 1. The summed E-state index contributed by atoms with van der Waals surface area (Å²) in [5, 5.41) is 3.58. The number of hydrogen-bond donors (Lipinski definition) is 1. The lowest BCUT2D eigenvalue weighted by atomic mass is 9.89. The van der Waals surface area contributed by atoms with Crippen molar-refractivity contribution in [1.29, 1.82) is 0 Å². The van der Waals surface area contributed by atoms with E-state index in [1.165, 1.54) is 21.6 Å². The molecule has 0 aromatic heterocycles. The van der Waals surface area contributed by atoms with Gasteiger partial charge in [0.05, 0.1) is 6.04 Å². The molecule has 2 aromatic rings. The molecular formula is C17H19NOS. The van der Waals surface area contributed by atoms with Gasteiger partial charge in [-0.15, -0.1) is 11.8 Å². The number of fused-ring (bicyclic) bond motifs is 1. The quantitative estimate of drug-likeness (QED) is 0.870. The Kier molecular flexibility index (Phi) is 4.10. The topological polar surface area (TPSA) is 21.3 Å². The Morgan fingerprint density at radius 3 is 2.55 bits per heavy atom. The van der Waals surface area contributed by atoms with Crippen molar-refractivity contribution in [2.45, 2.75) is 23.6 Å². The number of nitrogens with one attached hydrogen (secondary N) is 1. The van der Waals surface area contributed by atoms with E-state index in [1.54, 1.807) is 18.9 Å². The monoisotopic (exact) mass is 285 g/mol. The number of ether oxygens (including phenoxy) is 1. The molecule has 104 valence electrons. The van der Waals surface area contributed by atoms with Crippen LogP contribution in [0.4, 0.5) is 0 Å². The van der Waals surface area contributed by atoms with Crippen LogP contribution >= 0.6 is 11.8 Å². The molecule has 0 radical (unpaired) electrons. The molecule has 0 amide bonds. The van der Waals surface area contributed by atoms with Crippen LogP contribution < -0.4 is 5.32 Å². The molecule has 0 saturated carbocycles. The van der Waals surface area contributed by atoms with Crippen molar-refractivity contribution in [3.8, 4) is 0 Å². The molecule has 0 saturated heterocycles. The van der Waals surface area contributed by atoms with Crippen molar-refractivity contribution < 1.29 is 4.74 Å². The lowest BCUT2D eigenvalue weighted by Gasteiger charge is -2.32. The smallest absolute Gasteiger partial charge is 0.112 e. The zero-order valence-corrected chi connectivity index (χ0v) is 12.6. The average molecular weight is 285 g/mol. The summed E-state index contributed by atoms with van der Waals surface area (Å²) in [6.07, 6.45) is 3.10. The molecule has 2 aromatic carbocycles. The van der Waals surface area contributed by atoms with Crippen molar-refractivity contribution in [2.75, 3.05) is 13.4 Å². The van der Waals surface area contributed by atoms with Crippen molar-refractivity contribution >= 4 is 11.8 Å². The maximum absolute atomic E-state index is 5.53. The number of hydrogen-bond acceptors (Lipinski definition) is 3. The van der Waals surface area contributed by atoms with Crippen molar-refractivity contribution in [2.24, 2.45) is 0 Å². The normalized spacial score (nSPS) is 21.5. The minimum Gasteiger partial charge on any atom is -0.366 e. The summed E-state index contributed by atoms with van der Waals surface area (Å²) in [6, 6.07) is 17.6. The lowest BCUT2D eigenvalue weighted by Crippen LogP contribution is -2.41. The third-order valence-electron chi connectivity index (χ3n) is 3.86. The number of rotatable bonds is 3. The zero-order chi connectivity index (χ0) is 13.9. The van der Waals surface area contributed by atoms with E-state index in [0.717, 1.165) is 6.42 Å². The molecule has 1 N–H and O–H groups in total. The van der Waals surface area contributed by atoms with Crippen LogP contribution in [0.5, 0.6) is 0 Å². The molecule has 1 aliphatic heterocycles. The highest BCUT2D eigenvalue weighted by molar-refractivity contribution is 7.98. The van der Waals surface area contributed by atoms with Crippen LogP contribution in [0.2, 0.25) is 0 Å². The molecule has 2 atom stereocenters. The minimum absolute atomic E-state index is 0.0788. The van der Waals surface area contributed by atoms with E-state index >= 15 is 0 Å². The second kappa shape index (κ2) is 6.00. The highest BCUT2D eigenvalue weighted by Gasteiger charge is 2.26. The van der Waals surface area contributed by atoms with Crippen LogP contribution in [0.1, 0.15) is 22.7 Å². The van der Waals surface area contributed by atoms with E-state index in [0.29, 0.717) is 0 Å². The maximum atomic E-state index is 5.53. The fourth-order valence-corrected chi connectivity index (χ4v) is 3.17.